The van der Waals surface area contributed by atoms with E-state index in [0.717, 1.165) is 10.4 Å². The topological polar surface area (TPSA) is 57.6 Å². The van der Waals surface area contributed by atoms with Gasteiger partial charge in [0.05, 0.1) is 11.1 Å². The number of nitrogens with zero attached hydrogens (tertiary/aromatic N) is 1. The van der Waals surface area contributed by atoms with Crippen LogP contribution in [0.15, 0.2) is 17.0 Å². The lowest BCUT2D eigenvalue weighted by Crippen LogP contribution is -2.30. The van der Waals surface area contributed by atoms with Crippen LogP contribution >= 0.6 is 11.6 Å². The zero-order valence-corrected chi connectivity index (χ0v) is 11.3. The minimum absolute atomic E-state index is 0.0507. The van der Waals surface area contributed by atoms with E-state index in [1.807, 2.05) is 0 Å². The van der Waals surface area contributed by atoms with E-state index < -0.39 is 21.9 Å². The normalized spacial score (nSPS) is 21.4. The maximum absolute atomic E-state index is 13.3. The molecule has 0 radical (unpaired) electrons. The van der Waals surface area contributed by atoms with Crippen LogP contribution in [0.4, 0.5) is 4.39 Å². The van der Waals surface area contributed by atoms with Crippen molar-refractivity contribution < 1.29 is 17.9 Å². The molecule has 2 rings (SSSR count). The summed E-state index contributed by atoms with van der Waals surface area (Å²) in [6, 6.07) is 2.22. The Bertz CT molecular complexity index is 576. The highest BCUT2D eigenvalue weighted by Gasteiger charge is 2.33. The number of aliphatic hydroxyl groups excluding tert-OH is 1. The first-order valence-corrected chi connectivity index (χ1v) is 7.28. The van der Waals surface area contributed by atoms with Gasteiger partial charge in [0.25, 0.3) is 0 Å². The van der Waals surface area contributed by atoms with Crippen LogP contribution in [-0.4, -0.2) is 37.0 Å². The highest BCUT2D eigenvalue weighted by atomic mass is 35.5. The van der Waals surface area contributed by atoms with E-state index in [2.05, 4.69) is 0 Å². The van der Waals surface area contributed by atoms with E-state index >= 15 is 0 Å². The summed E-state index contributed by atoms with van der Waals surface area (Å²) >= 11 is 5.79. The molecule has 7 heteroatoms. The van der Waals surface area contributed by atoms with Gasteiger partial charge in [-0.25, -0.2) is 12.8 Å². The maximum atomic E-state index is 13.3. The predicted molar refractivity (Wildman–Crippen MR) is 65.5 cm³/mol. The molecule has 1 fully saturated rings. The van der Waals surface area contributed by atoms with Crippen LogP contribution in [0.2, 0.25) is 5.02 Å². The van der Waals surface area contributed by atoms with E-state index in [1.54, 1.807) is 0 Å². The molecule has 1 aromatic carbocycles. The van der Waals surface area contributed by atoms with E-state index in [4.69, 9.17) is 11.6 Å². The van der Waals surface area contributed by atoms with Crippen molar-refractivity contribution in [2.24, 2.45) is 0 Å². The molecule has 4 nitrogen and oxygen atoms in total. The second-order valence-corrected chi connectivity index (χ2v) is 6.65. The molecule has 0 bridgehead atoms. The van der Waals surface area contributed by atoms with E-state index in [0.29, 0.717) is 6.42 Å². The summed E-state index contributed by atoms with van der Waals surface area (Å²) in [5.74, 6) is -0.541. The number of aryl methyl sites for hydroxylation is 1. The van der Waals surface area contributed by atoms with Gasteiger partial charge in [0.2, 0.25) is 10.0 Å². The van der Waals surface area contributed by atoms with Gasteiger partial charge >= 0.3 is 0 Å². The molecule has 100 valence electrons. The Morgan fingerprint density at radius 2 is 2.17 bits per heavy atom. The van der Waals surface area contributed by atoms with E-state index in [9.17, 15) is 17.9 Å². The zero-order chi connectivity index (χ0) is 13.5. The first kappa shape index (κ1) is 13.7. The smallest absolute Gasteiger partial charge is 0.244 e. The summed E-state index contributed by atoms with van der Waals surface area (Å²) in [6.07, 6.45) is -0.253. The van der Waals surface area contributed by atoms with Crippen LogP contribution < -0.4 is 0 Å². The number of hydrogen-bond donors (Lipinski definition) is 1. The fourth-order valence-electron chi connectivity index (χ4n) is 1.90. The molecule has 18 heavy (non-hydrogen) atoms. The number of hydrogen-bond acceptors (Lipinski definition) is 3. The van der Waals surface area contributed by atoms with Gasteiger partial charge in [-0.15, -0.1) is 0 Å². The summed E-state index contributed by atoms with van der Waals surface area (Å²) in [4.78, 5) is -0.114. The Morgan fingerprint density at radius 3 is 2.72 bits per heavy atom. The molecule has 0 spiro atoms. The summed E-state index contributed by atoms with van der Waals surface area (Å²) in [6.45, 7) is 1.77. The molecule has 1 heterocycles. The van der Waals surface area contributed by atoms with Gasteiger partial charge in [0.1, 0.15) is 10.7 Å². The van der Waals surface area contributed by atoms with Crippen molar-refractivity contribution in [3.63, 3.8) is 0 Å². The van der Waals surface area contributed by atoms with Crippen LogP contribution in [0.5, 0.6) is 0 Å². The number of rotatable bonds is 2. The summed E-state index contributed by atoms with van der Waals surface area (Å²) in [5, 5.41) is 9.24. The van der Waals surface area contributed by atoms with Crippen molar-refractivity contribution >= 4 is 21.6 Å². The highest BCUT2D eigenvalue weighted by Crippen LogP contribution is 2.29. The van der Waals surface area contributed by atoms with Crippen molar-refractivity contribution in [3.8, 4) is 0 Å². The SMILES string of the molecule is Cc1cc(S(=O)(=O)N2CC[C@@H](O)C2)c(Cl)cc1F. The average Bonchev–Trinajstić information content (AvgIpc) is 2.70. The van der Waals surface area contributed by atoms with Crippen molar-refractivity contribution in [2.75, 3.05) is 13.1 Å². The molecular formula is C11H13ClFNO3S. The van der Waals surface area contributed by atoms with Crippen molar-refractivity contribution in [3.05, 3.63) is 28.5 Å². The van der Waals surface area contributed by atoms with Crippen molar-refractivity contribution in [2.45, 2.75) is 24.3 Å². The molecule has 1 aliphatic heterocycles. The minimum atomic E-state index is -3.77. The second-order valence-electron chi connectivity index (χ2n) is 4.34. The molecule has 1 saturated heterocycles. The molecule has 0 saturated carbocycles. The van der Waals surface area contributed by atoms with Crippen molar-refractivity contribution in [1.82, 2.24) is 4.31 Å². The number of aliphatic hydroxyl groups is 1. The largest absolute Gasteiger partial charge is 0.392 e. The van der Waals surface area contributed by atoms with Crippen molar-refractivity contribution in [1.29, 1.82) is 0 Å². The van der Waals surface area contributed by atoms with Crippen LogP contribution in [-0.2, 0) is 10.0 Å². The van der Waals surface area contributed by atoms with Crippen LogP contribution in [0.25, 0.3) is 0 Å². The number of halogens is 2. The lowest BCUT2D eigenvalue weighted by Gasteiger charge is -2.17. The lowest BCUT2D eigenvalue weighted by atomic mass is 10.2. The van der Waals surface area contributed by atoms with Crippen LogP contribution in [0.1, 0.15) is 12.0 Å². The first-order chi connectivity index (χ1) is 8.32. The van der Waals surface area contributed by atoms with Gasteiger partial charge in [-0.05, 0) is 31.0 Å². The Hall–Kier alpha value is -0.690. The minimum Gasteiger partial charge on any atom is -0.392 e. The molecule has 1 atom stereocenters. The van der Waals surface area contributed by atoms with Gasteiger partial charge < -0.3 is 5.11 Å². The van der Waals surface area contributed by atoms with Gasteiger partial charge in [-0.2, -0.15) is 4.31 Å². The zero-order valence-electron chi connectivity index (χ0n) is 9.73. The van der Waals surface area contributed by atoms with Crippen LogP contribution in [0, 0.1) is 12.7 Å². The number of benzene rings is 1. The third kappa shape index (κ3) is 2.38. The number of sulfonamides is 1. The lowest BCUT2D eigenvalue weighted by molar-refractivity contribution is 0.189. The molecule has 0 aromatic heterocycles. The van der Waals surface area contributed by atoms with E-state index in [-0.39, 0.29) is 28.6 Å². The Balaban J connectivity index is 2.45. The number of β-amino-alcohol motifs (C(OH)–C–C–N with tert-alkyl or cyclic N) is 1. The first-order valence-electron chi connectivity index (χ1n) is 5.46. The molecule has 0 aliphatic carbocycles. The fraction of sp³-hybridized carbons (Fsp3) is 0.455. The molecular weight excluding hydrogens is 281 g/mol. The summed E-state index contributed by atoms with van der Waals surface area (Å²) in [7, 11) is -3.77. The van der Waals surface area contributed by atoms with E-state index in [1.165, 1.54) is 13.0 Å². The molecule has 0 unspecified atom stereocenters. The summed E-state index contributed by atoms with van der Waals surface area (Å²) < 4.78 is 39.0. The van der Waals surface area contributed by atoms with Gasteiger partial charge in [-0.3, -0.25) is 0 Å². The molecule has 1 aromatic rings. The maximum Gasteiger partial charge on any atom is 0.244 e. The monoisotopic (exact) mass is 293 g/mol. The quantitative estimate of drug-likeness (QED) is 0.900. The molecule has 1 aliphatic rings. The molecule has 0 amide bonds. The van der Waals surface area contributed by atoms with Crippen LogP contribution in [0.3, 0.4) is 0 Å². The van der Waals surface area contributed by atoms with Gasteiger partial charge in [0.15, 0.2) is 0 Å². The Morgan fingerprint density at radius 1 is 1.50 bits per heavy atom. The third-order valence-electron chi connectivity index (χ3n) is 2.96. The predicted octanol–water partition coefficient (Wildman–Crippen LogP) is 1.54. The Kier molecular flexibility index (Phi) is 3.64. The van der Waals surface area contributed by atoms with Gasteiger partial charge in [0, 0.05) is 13.1 Å². The van der Waals surface area contributed by atoms with Gasteiger partial charge in [-0.1, -0.05) is 11.6 Å². The average molecular weight is 294 g/mol. The highest BCUT2D eigenvalue weighted by molar-refractivity contribution is 7.89. The third-order valence-corrected chi connectivity index (χ3v) is 5.29. The summed E-state index contributed by atoms with van der Waals surface area (Å²) in [5.41, 5.74) is 0.220. The standard InChI is InChI=1S/C11H13ClFNO3S/c1-7-4-11(9(12)5-10(7)13)18(16,17)14-3-2-8(15)6-14/h4-5,8,15H,2-3,6H2,1H3/t8-/m1/s1. The fourth-order valence-corrected chi connectivity index (χ4v) is 3.96. The molecule has 1 N–H and O–H groups in total. The second kappa shape index (κ2) is 4.77. The Labute approximate surface area is 110 Å².